The van der Waals surface area contributed by atoms with Crippen molar-refractivity contribution in [2.24, 2.45) is 0 Å². The number of hydrogen-bond donors (Lipinski definition) is 0. The van der Waals surface area contributed by atoms with Crippen LogP contribution in [0.5, 0.6) is 0 Å². The van der Waals surface area contributed by atoms with Crippen molar-refractivity contribution in [1.29, 1.82) is 0 Å². The van der Waals surface area contributed by atoms with Gasteiger partial charge >= 0.3 is 0 Å². The van der Waals surface area contributed by atoms with E-state index in [0.717, 1.165) is 27.5 Å². The van der Waals surface area contributed by atoms with E-state index < -0.39 is 0 Å². The van der Waals surface area contributed by atoms with Gasteiger partial charge in [-0.2, -0.15) is 0 Å². The second-order valence-corrected chi connectivity index (χ2v) is 14.0. The molecule has 0 unspecified atom stereocenters. The number of fused-ring (bicyclic) bond motifs is 9. The molecule has 0 bridgehead atoms. The minimum Gasteiger partial charge on any atom is -0.455 e. The Balaban J connectivity index is 1.24. The lowest BCUT2D eigenvalue weighted by atomic mass is 9.86. The summed E-state index contributed by atoms with van der Waals surface area (Å²) < 4.78 is 7.08. The van der Waals surface area contributed by atoms with Gasteiger partial charge in [-0.3, -0.25) is 0 Å². The van der Waals surface area contributed by atoms with Crippen LogP contribution in [0.4, 0.5) is 0 Å². The zero-order valence-corrected chi connectivity index (χ0v) is 27.6. The molecule has 0 fully saturated rings. The van der Waals surface area contributed by atoms with Crippen LogP contribution in [0.3, 0.4) is 0 Å². The van der Waals surface area contributed by atoms with Gasteiger partial charge in [0, 0.05) is 16.3 Å². The Hall–Kier alpha value is -6.70. The normalized spacial score (nSPS) is 12.3. The Labute approximate surface area is 292 Å². The van der Waals surface area contributed by atoms with Crippen LogP contribution in [0.2, 0.25) is 0 Å². The highest BCUT2D eigenvalue weighted by atomic mass is 16.3. The molecule has 1 aromatic heterocycles. The summed E-state index contributed by atoms with van der Waals surface area (Å²) in [5.74, 6) is 0. The zero-order chi connectivity index (χ0) is 33.2. The van der Waals surface area contributed by atoms with E-state index in [1.54, 1.807) is 0 Å². The van der Waals surface area contributed by atoms with Crippen molar-refractivity contribution in [3.05, 3.63) is 170 Å². The van der Waals surface area contributed by atoms with E-state index in [4.69, 9.17) is 4.42 Å². The van der Waals surface area contributed by atoms with Gasteiger partial charge in [-0.15, -0.1) is 0 Å². The summed E-state index contributed by atoms with van der Waals surface area (Å²) in [5.41, 5.74) is 6.54. The lowest BCUT2D eigenvalue weighted by Gasteiger charge is -2.16. The maximum absolute atomic E-state index is 7.08. The van der Waals surface area contributed by atoms with Crippen molar-refractivity contribution in [2.75, 3.05) is 0 Å². The van der Waals surface area contributed by atoms with E-state index in [0.29, 0.717) is 0 Å². The third-order valence-electron chi connectivity index (χ3n) is 11.3. The Bertz CT molecular complexity index is 3380. The van der Waals surface area contributed by atoms with Crippen molar-refractivity contribution in [2.45, 2.75) is 0 Å². The first-order valence-corrected chi connectivity index (χ1v) is 17.7. The molecule has 1 nitrogen and oxygen atoms in total. The monoisotopic (exact) mass is 644 g/mol. The molecule has 0 saturated heterocycles. The van der Waals surface area contributed by atoms with Crippen LogP contribution in [0.1, 0.15) is 0 Å². The van der Waals surface area contributed by atoms with E-state index >= 15 is 0 Å². The van der Waals surface area contributed by atoms with Gasteiger partial charge in [0.1, 0.15) is 11.2 Å². The minimum atomic E-state index is 0.908. The van der Waals surface area contributed by atoms with Crippen LogP contribution in [0, 0.1) is 0 Å². The van der Waals surface area contributed by atoms with Crippen molar-refractivity contribution >= 4 is 97.3 Å². The first-order valence-electron chi connectivity index (χ1n) is 17.7. The number of rotatable bonds is 2. The van der Waals surface area contributed by atoms with Gasteiger partial charge in [-0.05, 0) is 116 Å². The maximum Gasteiger partial charge on any atom is 0.143 e. The predicted octanol–water partition coefficient (Wildman–Crippen LogP) is 14.4. The van der Waals surface area contributed by atoms with E-state index in [1.807, 2.05) is 0 Å². The molecule has 0 atom stereocenters. The maximum atomic E-state index is 7.08. The third kappa shape index (κ3) is 3.70. The van der Waals surface area contributed by atoms with Crippen LogP contribution in [-0.2, 0) is 0 Å². The lowest BCUT2D eigenvalue weighted by molar-refractivity contribution is 0.670. The molecule has 0 amide bonds. The van der Waals surface area contributed by atoms with Gasteiger partial charge in [0.25, 0.3) is 0 Å². The minimum absolute atomic E-state index is 0.908. The SMILES string of the molecule is c1ccc2cc3c(cc2c1)oc1c(-c2cc4ccccc4c4c2ccc2ccccc24)ccc(-c2ccc4ccc5cccc6ccc2c4c56)c13. The second-order valence-electron chi connectivity index (χ2n) is 14.0. The van der Waals surface area contributed by atoms with Crippen LogP contribution in [0.25, 0.3) is 120 Å². The highest BCUT2D eigenvalue weighted by molar-refractivity contribution is 6.29. The van der Waals surface area contributed by atoms with Crippen LogP contribution in [0.15, 0.2) is 174 Å². The van der Waals surface area contributed by atoms with Gasteiger partial charge in [0.2, 0.25) is 0 Å². The second kappa shape index (κ2) is 9.94. The summed E-state index contributed by atoms with van der Waals surface area (Å²) in [5, 5.41) is 20.0. The first-order chi connectivity index (χ1) is 25.3. The number of benzene rings is 11. The smallest absolute Gasteiger partial charge is 0.143 e. The first kappa shape index (κ1) is 27.2. The van der Waals surface area contributed by atoms with Crippen LogP contribution < -0.4 is 0 Å². The Morgan fingerprint density at radius 1 is 0.255 bits per heavy atom. The molecule has 0 N–H and O–H groups in total. The van der Waals surface area contributed by atoms with E-state index in [9.17, 15) is 0 Å². The summed E-state index contributed by atoms with van der Waals surface area (Å²) in [6, 6.07) is 62.6. The van der Waals surface area contributed by atoms with Crippen LogP contribution >= 0.6 is 0 Å². The largest absolute Gasteiger partial charge is 0.455 e. The highest BCUT2D eigenvalue weighted by Crippen LogP contribution is 2.48. The molecule has 234 valence electrons. The third-order valence-corrected chi connectivity index (χ3v) is 11.3. The molecule has 11 aromatic carbocycles. The fourth-order valence-corrected chi connectivity index (χ4v) is 9.06. The summed E-state index contributed by atoms with van der Waals surface area (Å²) in [6.07, 6.45) is 0. The number of hydrogen-bond acceptors (Lipinski definition) is 1. The summed E-state index contributed by atoms with van der Waals surface area (Å²) in [6.45, 7) is 0. The summed E-state index contributed by atoms with van der Waals surface area (Å²) >= 11 is 0. The van der Waals surface area contributed by atoms with E-state index in [1.165, 1.54) is 92.1 Å². The molecule has 1 heteroatoms. The molecule has 0 spiro atoms. The zero-order valence-electron chi connectivity index (χ0n) is 27.6. The molecular weight excluding hydrogens is 617 g/mol. The van der Waals surface area contributed by atoms with E-state index in [2.05, 4.69) is 170 Å². The average molecular weight is 645 g/mol. The lowest BCUT2D eigenvalue weighted by Crippen LogP contribution is -1.90. The van der Waals surface area contributed by atoms with Gasteiger partial charge in [0.05, 0.1) is 0 Å². The fraction of sp³-hybridized carbons (Fsp3) is 0. The Morgan fingerprint density at radius 3 is 1.61 bits per heavy atom. The molecule has 0 radical (unpaired) electrons. The van der Waals surface area contributed by atoms with Gasteiger partial charge in [-0.1, -0.05) is 146 Å². The van der Waals surface area contributed by atoms with Gasteiger partial charge in [-0.25, -0.2) is 0 Å². The predicted molar refractivity (Wildman–Crippen MR) is 218 cm³/mol. The summed E-state index contributed by atoms with van der Waals surface area (Å²) in [7, 11) is 0. The molecule has 0 saturated carbocycles. The molecule has 1 heterocycles. The topological polar surface area (TPSA) is 13.1 Å². The standard InChI is InChI=1S/C50H28O/c1-2-10-34-28-45-44(26-33(34)9-1)49-40(38-21-19-32-17-16-30-12-7-13-31-20-23-39(38)47(32)46(30)31)24-25-42(50(49)51-45)43-27-35-11-4-6-15-37(35)48-36-14-5-3-8-29(36)18-22-41(43)48/h1-28H. The molecule has 12 aromatic rings. The van der Waals surface area contributed by atoms with E-state index in [-0.39, 0.29) is 0 Å². The molecule has 0 aliphatic heterocycles. The Kier molecular flexibility index (Phi) is 5.29. The quantitative estimate of drug-likeness (QED) is 0.171. The highest BCUT2D eigenvalue weighted by Gasteiger charge is 2.22. The average Bonchev–Trinajstić information content (AvgIpc) is 3.56. The van der Waals surface area contributed by atoms with Crippen LogP contribution in [-0.4, -0.2) is 0 Å². The Morgan fingerprint density at radius 2 is 0.804 bits per heavy atom. The fourth-order valence-electron chi connectivity index (χ4n) is 9.06. The molecule has 12 rings (SSSR count). The molecule has 0 aliphatic carbocycles. The summed E-state index contributed by atoms with van der Waals surface area (Å²) in [4.78, 5) is 0. The molecular formula is C50H28O. The van der Waals surface area contributed by atoms with Crippen molar-refractivity contribution in [3.63, 3.8) is 0 Å². The van der Waals surface area contributed by atoms with Gasteiger partial charge < -0.3 is 4.42 Å². The molecule has 51 heavy (non-hydrogen) atoms. The van der Waals surface area contributed by atoms with Crippen molar-refractivity contribution in [1.82, 2.24) is 0 Å². The van der Waals surface area contributed by atoms with Crippen molar-refractivity contribution in [3.8, 4) is 22.3 Å². The molecule has 0 aliphatic rings. The van der Waals surface area contributed by atoms with Crippen molar-refractivity contribution < 1.29 is 4.42 Å². The number of furan rings is 1. The van der Waals surface area contributed by atoms with Gasteiger partial charge in [0.15, 0.2) is 0 Å².